The molecule has 2 atom stereocenters. The van der Waals surface area contributed by atoms with Gasteiger partial charge in [-0.3, -0.25) is 33.8 Å². The molecule has 6 aromatic rings. The zero-order valence-corrected chi connectivity index (χ0v) is 43.9. The summed E-state index contributed by atoms with van der Waals surface area (Å²) < 4.78 is 57.8. The van der Waals surface area contributed by atoms with Gasteiger partial charge in [0.2, 0.25) is 18.7 Å². The van der Waals surface area contributed by atoms with Gasteiger partial charge < -0.3 is 34.1 Å². The number of carboxylic acid groups (broad SMARTS) is 1. The van der Waals surface area contributed by atoms with Crippen molar-refractivity contribution in [3.63, 3.8) is 0 Å². The SMILES string of the molecule is COC(=O)CNC(=O)CC(C1CCCCC1)N(C=O)c1cc(-c2c(OC)cccc2OC)n(-c2ccc(F)cc2)n1.COc1cccc(OC)c1-c1cc(N(C=O)[C@H](CC(=O)O)C2CCCCC2)nn1-c1ccc(F)cc1. The molecule has 0 saturated heterocycles. The van der Waals surface area contributed by atoms with Crippen LogP contribution in [-0.2, 0) is 28.7 Å². The van der Waals surface area contributed by atoms with E-state index in [1.54, 1.807) is 111 Å². The van der Waals surface area contributed by atoms with Crippen molar-refractivity contribution < 1.29 is 61.5 Å². The molecular formula is C57H65F2N7O11. The van der Waals surface area contributed by atoms with E-state index in [4.69, 9.17) is 29.1 Å². The summed E-state index contributed by atoms with van der Waals surface area (Å²) in [6.07, 6.45) is 10.7. The number of carbonyl (C=O) groups is 5. The molecule has 20 heteroatoms. The zero-order valence-electron chi connectivity index (χ0n) is 43.9. The first-order valence-electron chi connectivity index (χ1n) is 25.5. The first-order valence-corrected chi connectivity index (χ1v) is 25.5. The van der Waals surface area contributed by atoms with Gasteiger partial charge in [0.15, 0.2) is 11.6 Å². The number of hydrogen-bond donors (Lipinski definition) is 2. The van der Waals surface area contributed by atoms with Crippen LogP contribution in [0.15, 0.2) is 97.1 Å². The van der Waals surface area contributed by atoms with Gasteiger partial charge in [-0.2, -0.15) is 0 Å². The summed E-state index contributed by atoms with van der Waals surface area (Å²) in [4.78, 5) is 64.4. The molecule has 3 amide bonds. The minimum absolute atomic E-state index is 0.0167. The molecule has 408 valence electrons. The van der Waals surface area contributed by atoms with Gasteiger partial charge in [0.05, 0.1) is 81.9 Å². The van der Waals surface area contributed by atoms with E-state index < -0.39 is 35.7 Å². The number of hydrogen-bond acceptors (Lipinski definition) is 12. The van der Waals surface area contributed by atoms with E-state index in [0.29, 0.717) is 81.3 Å². The molecule has 2 N–H and O–H groups in total. The van der Waals surface area contributed by atoms with Gasteiger partial charge in [0.25, 0.3) is 0 Å². The molecule has 2 saturated carbocycles. The van der Waals surface area contributed by atoms with Gasteiger partial charge in [0.1, 0.15) is 41.2 Å². The van der Waals surface area contributed by atoms with Crippen LogP contribution in [0.2, 0.25) is 0 Å². The first-order chi connectivity index (χ1) is 37.4. The van der Waals surface area contributed by atoms with E-state index in [0.717, 1.165) is 64.2 Å². The monoisotopic (exact) mass is 1060 g/mol. The molecule has 2 aliphatic rings. The third-order valence-electron chi connectivity index (χ3n) is 14.2. The summed E-state index contributed by atoms with van der Waals surface area (Å²) in [5.74, 6) is 0.102. The fourth-order valence-electron chi connectivity index (χ4n) is 10.4. The Hall–Kier alpha value is -8.29. The third-order valence-corrected chi connectivity index (χ3v) is 14.2. The number of benzene rings is 4. The maximum atomic E-state index is 13.8. The number of carbonyl (C=O) groups excluding carboxylic acids is 4. The Labute approximate surface area is 445 Å². The Balaban J connectivity index is 0.000000225. The first kappa shape index (κ1) is 56.4. The topological polar surface area (TPSA) is 206 Å². The minimum atomic E-state index is -0.970. The van der Waals surface area contributed by atoms with Crippen molar-refractivity contribution in [2.24, 2.45) is 11.8 Å². The molecule has 2 aromatic heterocycles. The van der Waals surface area contributed by atoms with Crippen LogP contribution in [0, 0.1) is 23.5 Å². The summed E-state index contributed by atoms with van der Waals surface area (Å²) in [7, 11) is 7.42. The standard InChI is InChI=1S/C30H35FN4O6.C27H30FN3O5/c1-39-25-10-7-11-26(40-2)30(25)24-16-27(33-35(24)22-14-12-21(31)13-15-22)34(19-36)23(20-8-5-4-6-9-20)17-28(37)32-18-29(38)41-3;1-35-23-9-6-10-24(36-2)27(23)22-15-25(29-31(22)20-13-11-19(28)12-14-20)30(17-32)21(16-26(33)34)18-7-4-3-5-8-18/h7,10-16,19-20,23H,4-6,8-9,17-18H2,1-3H3,(H,32,37);6,9-15,17-18,21H,3-5,7-8,16H2,1-2H3,(H,33,34)/t;21-/m.1/s1. The van der Waals surface area contributed by atoms with E-state index in [1.807, 2.05) is 0 Å². The zero-order chi connectivity index (χ0) is 55.0. The molecule has 18 nitrogen and oxygen atoms in total. The smallest absolute Gasteiger partial charge is 0.325 e. The summed E-state index contributed by atoms with van der Waals surface area (Å²) in [5.41, 5.74) is 3.40. The van der Waals surface area contributed by atoms with E-state index in [-0.39, 0.29) is 37.1 Å². The summed E-state index contributed by atoms with van der Waals surface area (Å²) >= 11 is 0. The highest BCUT2D eigenvalue weighted by Gasteiger charge is 2.35. The number of rotatable bonds is 22. The van der Waals surface area contributed by atoms with Crippen molar-refractivity contribution in [2.75, 3.05) is 51.9 Å². The molecule has 2 aliphatic carbocycles. The highest BCUT2D eigenvalue weighted by Crippen LogP contribution is 2.44. The third kappa shape index (κ3) is 13.6. The molecule has 0 bridgehead atoms. The molecule has 2 heterocycles. The molecule has 1 unspecified atom stereocenters. The van der Waals surface area contributed by atoms with Crippen LogP contribution in [0.25, 0.3) is 33.9 Å². The van der Waals surface area contributed by atoms with Crippen LogP contribution < -0.4 is 34.1 Å². The van der Waals surface area contributed by atoms with E-state index in [9.17, 15) is 37.9 Å². The highest BCUT2D eigenvalue weighted by molar-refractivity contribution is 5.86. The molecule has 8 rings (SSSR count). The Bertz CT molecular complexity index is 2910. The van der Waals surface area contributed by atoms with Gasteiger partial charge in [-0.25, -0.2) is 18.1 Å². The number of anilines is 2. The number of aromatic nitrogens is 4. The second-order valence-corrected chi connectivity index (χ2v) is 18.7. The number of esters is 1. The largest absolute Gasteiger partial charge is 0.496 e. The minimum Gasteiger partial charge on any atom is -0.496 e. The number of amides is 3. The number of nitrogens with zero attached hydrogens (tertiary/aromatic N) is 6. The molecule has 0 aliphatic heterocycles. The Morgan fingerprint density at radius 2 is 0.987 bits per heavy atom. The predicted octanol–water partition coefficient (Wildman–Crippen LogP) is 9.37. The summed E-state index contributed by atoms with van der Waals surface area (Å²) in [5, 5.41) is 21.7. The quantitative estimate of drug-likeness (QED) is 0.0481. The number of carboxylic acids is 1. The Kier molecular flexibility index (Phi) is 19.8. The van der Waals surface area contributed by atoms with Gasteiger partial charge >= 0.3 is 11.9 Å². The lowest BCUT2D eigenvalue weighted by atomic mass is 9.82. The molecule has 4 aromatic carbocycles. The molecule has 0 radical (unpaired) electrons. The number of nitrogens with one attached hydrogen (secondary N) is 1. The lowest BCUT2D eigenvalue weighted by Crippen LogP contribution is -2.45. The van der Waals surface area contributed by atoms with E-state index in [2.05, 4.69) is 10.1 Å². The average molecular weight is 1060 g/mol. The van der Waals surface area contributed by atoms with Crippen LogP contribution in [0.1, 0.15) is 77.0 Å². The van der Waals surface area contributed by atoms with Gasteiger partial charge in [-0.05, 0) is 110 Å². The lowest BCUT2D eigenvalue weighted by Gasteiger charge is -2.35. The van der Waals surface area contributed by atoms with Crippen LogP contribution in [-0.4, -0.2) is 110 Å². The fraction of sp³-hybridized carbons (Fsp3) is 0.386. The van der Waals surface area contributed by atoms with Gasteiger partial charge in [-0.1, -0.05) is 50.7 Å². The van der Waals surface area contributed by atoms with Crippen molar-refractivity contribution in [3.8, 4) is 56.9 Å². The molecular weight excluding hydrogens is 997 g/mol. The number of aliphatic carboxylic acids is 1. The molecule has 0 spiro atoms. The second-order valence-electron chi connectivity index (χ2n) is 18.7. The Morgan fingerprint density at radius 1 is 0.610 bits per heavy atom. The van der Waals surface area contributed by atoms with Crippen LogP contribution in [0.4, 0.5) is 20.4 Å². The van der Waals surface area contributed by atoms with Crippen LogP contribution >= 0.6 is 0 Å². The summed E-state index contributed by atoms with van der Waals surface area (Å²) in [6, 6.07) is 24.8. The number of methoxy groups -OCH3 is 5. The van der Waals surface area contributed by atoms with Crippen molar-refractivity contribution in [1.82, 2.24) is 24.9 Å². The van der Waals surface area contributed by atoms with Crippen molar-refractivity contribution in [2.45, 2.75) is 89.1 Å². The molecule has 77 heavy (non-hydrogen) atoms. The van der Waals surface area contributed by atoms with E-state index >= 15 is 0 Å². The van der Waals surface area contributed by atoms with Crippen LogP contribution in [0.3, 0.4) is 0 Å². The lowest BCUT2D eigenvalue weighted by molar-refractivity contribution is -0.141. The van der Waals surface area contributed by atoms with Gasteiger partial charge in [0, 0.05) is 24.6 Å². The van der Waals surface area contributed by atoms with Crippen molar-refractivity contribution in [1.29, 1.82) is 0 Å². The average Bonchev–Trinajstić information content (AvgIpc) is 4.13. The number of halogens is 2. The maximum Gasteiger partial charge on any atom is 0.325 e. The normalized spacial score (nSPS) is 14.4. The van der Waals surface area contributed by atoms with Crippen molar-refractivity contribution in [3.05, 3.63) is 109 Å². The number of ether oxygens (including phenoxy) is 5. The van der Waals surface area contributed by atoms with E-state index in [1.165, 1.54) is 41.2 Å². The second kappa shape index (κ2) is 27.0. The Morgan fingerprint density at radius 3 is 1.32 bits per heavy atom. The van der Waals surface area contributed by atoms with Gasteiger partial charge in [-0.15, -0.1) is 10.2 Å². The highest BCUT2D eigenvalue weighted by atomic mass is 19.1. The van der Waals surface area contributed by atoms with Crippen molar-refractivity contribution >= 4 is 42.3 Å². The summed E-state index contributed by atoms with van der Waals surface area (Å²) in [6.45, 7) is -0.259. The fourth-order valence-corrected chi connectivity index (χ4v) is 10.4. The molecule has 2 fully saturated rings. The maximum absolute atomic E-state index is 13.8. The van der Waals surface area contributed by atoms with Crippen LogP contribution in [0.5, 0.6) is 23.0 Å². The predicted molar refractivity (Wildman–Crippen MR) is 284 cm³/mol.